The molecule has 3 aromatic rings. The summed E-state index contributed by atoms with van der Waals surface area (Å²) in [6, 6.07) is 18.9. The molecule has 0 spiro atoms. The van der Waals surface area contributed by atoms with Gasteiger partial charge in [0.15, 0.2) is 0 Å². The van der Waals surface area contributed by atoms with E-state index in [2.05, 4.69) is 84.1 Å². The number of hydrogen-bond donors (Lipinski definition) is 0. The summed E-state index contributed by atoms with van der Waals surface area (Å²) in [6.45, 7) is 17.8. The minimum absolute atomic E-state index is 0.0224. The highest BCUT2D eigenvalue weighted by Gasteiger charge is 2.45. The van der Waals surface area contributed by atoms with E-state index in [1.165, 1.54) is 5.56 Å². The first-order valence-corrected chi connectivity index (χ1v) is 18.0. The van der Waals surface area contributed by atoms with Gasteiger partial charge in [0.05, 0.1) is 24.2 Å². The number of ether oxygens (including phenoxy) is 2. The molecule has 3 aromatic carbocycles. The summed E-state index contributed by atoms with van der Waals surface area (Å²) < 4.78 is 18.3. The minimum atomic E-state index is -1.98. The Balaban J connectivity index is 1.39. The highest BCUT2D eigenvalue weighted by Crippen LogP contribution is 2.49. The zero-order valence-corrected chi connectivity index (χ0v) is 27.3. The maximum absolute atomic E-state index is 12.1. The third-order valence-electron chi connectivity index (χ3n) is 9.37. The Morgan fingerprint density at radius 1 is 1.00 bits per heavy atom. The Labute approximate surface area is 252 Å². The van der Waals surface area contributed by atoms with Crippen LogP contribution in [0.4, 0.5) is 0 Å². The molecule has 0 aromatic heterocycles. The average molecular weight is 582 g/mol. The summed E-state index contributed by atoms with van der Waals surface area (Å²) in [5, 5.41) is 10.2. The van der Waals surface area contributed by atoms with Crippen LogP contribution < -0.4 is 9.16 Å². The number of hydrogen-bond acceptors (Lipinski definition) is 5. The normalized spacial score (nSPS) is 19.5. The molecule has 0 amide bonds. The van der Waals surface area contributed by atoms with E-state index in [1.54, 1.807) is 0 Å². The molecule has 220 valence electrons. The molecule has 5 nitrogen and oxygen atoms in total. The summed E-state index contributed by atoms with van der Waals surface area (Å²) >= 11 is 0. The second-order valence-corrected chi connectivity index (χ2v) is 18.1. The van der Waals surface area contributed by atoms with Gasteiger partial charge in [-0.15, -0.1) is 0 Å². The molecule has 2 aliphatic carbocycles. The van der Waals surface area contributed by atoms with Crippen LogP contribution in [-0.4, -0.2) is 20.9 Å². The Morgan fingerprint density at radius 3 is 2.26 bits per heavy atom. The van der Waals surface area contributed by atoms with Crippen LogP contribution in [-0.2, 0) is 16.0 Å². The van der Waals surface area contributed by atoms with Gasteiger partial charge >= 0.3 is 5.97 Å². The molecule has 0 radical (unpaired) electrons. The van der Waals surface area contributed by atoms with E-state index < -0.39 is 8.32 Å². The standard InChI is InChI=1S/C36H43NO4Si/c1-9-39-35(38)31-20-30(31)24-10-13-26(14-11-24)40-32-17-16-29-28(32)15-12-25(21-37)34(29)33-22(2)18-27(19-23(33)3)41-42(7,8)36(4,5)6/h10-15,18-19,30-32H,9,16-17,20H2,1-8H3. The van der Waals surface area contributed by atoms with E-state index in [-0.39, 0.29) is 28.9 Å². The van der Waals surface area contributed by atoms with E-state index in [4.69, 9.17) is 13.9 Å². The van der Waals surface area contributed by atoms with E-state index in [0.29, 0.717) is 12.2 Å². The molecule has 0 heterocycles. The van der Waals surface area contributed by atoms with Gasteiger partial charge in [-0.1, -0.05) is 39.0 Å². The van der Waals surface area contributed by atoms with E-state index in [0.717, 1.165) is 64.1 Å². The first-order valence-electron chi connectivity index (χ1n) is 15.1. The van der Waals surface area contributed by atoms with Crippen molar-refractivity contribution in [1.29, 1.82) is 5.26 Å². The van der Waals surface area contributed by atoms with Crippen molar-refractivity contribution in [2.45, 2.75) is 91.0 Å². The van der Waals surface area contributed by atoms with Crippen molar-refractivity contribution >= 4 is 14.3 Å². The molecule has 0 N–H and O–H groups in total. The number of nitrogens with zero attached hydrogens (tertiary/aromatic N) is 1. The van der Waals surface area contributed by atoms with Crippen molar-refractivity contribution in [2.75, 3.05) is 6.61 Å². The molecule has 5 rings (SSSR count). The Kier molecular flexibility index (Phi) is 8.02. The topological polar surface area (TPSA) is 68.5 Å². The van der Waals surface area contributed by atoms with Crippen LogP contribution in [0.15, 0.2) is 48.5 Å². The van der Waals surface area contributed by atoms with E-state index in [1.807, 2.05) is 25.1 Å². The van der Waals surface area contributed by atoms with E-state index in [9.17, 15) is 10.1 Å². The number of carbonyl (C=O) groups is 1. The fraction of sp³-hybridized carbons (Fsp3) is 0.444. The van der Waals surface area contributed by atoms with Gasteiger partial charge in [-0.25, -0.2) is 0 Å². The SMILES string of the molecule is CCOC(=O)C1CC1c1ccc(OC2CCc3c2ccc(C#N)c3-c2c(C)cc(O[Si](C)(C)C(C)(C)C)cc2C)cc1. The van der Waals surface area contributed by atoms with Crippen molar-refractivity contribution in [1.82, 2.24) is 0 Å². The highest BCUT2D eigenvalue weighted by atomic mass is 28.4. The Hall–Kier alpha value is -3.56. The number of rotatable bonds is 8. The third kappa shape index (κ3) is 5.72. The first kappa shape index (κ1) is 29.9. The zero-order chi connectivity index (χ0) is 30.4. The highest BCUT2D eigenvalue weighted by molar-refractivity contribution is 6.74. The lowest BCUT2D eigenvalue weighted by atomic mass is 9.87. The monoisotopic (exact) mass is 581 g/mol. The molecule has 3 atom stereocenters. The van der Waals surface area contributed by atoms with Crippen molar-refractivity contribution in [3.63, 3.8) is 0 Å². The molecular weight excluding hydrogens is 538 g/mol. The molecule has 42 heavy (non-hydrogen) atoms. The second-order valence-electron chi connectivity index (χ2n) is 13.4. The largest absolute Gasteiger partial charge is 0.543 e. The van der Waals surface area contributed by atoms with Gasteiger partial charge < -0.3 is 13.9 Å². The van der Waals surface area contributed by atoms with Crippen LogP contribution in [0.3, 0.4) is 0 Å². The van der Waals surface area contributed by atoms with Gasteiger partial charge in [-0.2, -0.15) is 5.26 Å². The number of benzene rings is 3. The fourth-order valence-corrected chi connectivity index (χ4v) is 7.04. The quantitative estimate of drug-likeness (QED) is 0.196. The molecule has 0 saturated heterocycles. The smallest absolute Gasteiger partial charge is 0.309 e. The van der Waals surface area contributed by atoms with Crippen LogP contribution in [0.1, 0.15) is 85.9 Å². The molecule has 0 bridgehead atoms. The zero-order valence-electron chi connectivity index (χ0n) is 26.3. The molecule has 3 unspecified atom stereocenters. The second kappa shape index (κ2) is 11.3. The average Bonchev–Trinajstić information content (AvgIpc) is 3.62. The summed E-state index contributed by atoms with van der Waals surface area (Å²) in [7, 11) is -1.98. The van der Waals surface area contributed by atoms with Gasteiger partial charge in [0, 0.05) is 5.56 Å². The molecular formula is C36H43NO4Si. The van der Waals surface area contributed by atoms with Crippen molar-refractivity contribution < 1.29 is 18.7 Å². The molecule has 6 heteroatoms. The van der Waals surface area contributed by atoms with Gasteiger partial charge in [0.1, 0.15) is 17.6 Å². The number of nitriles is 1. The summed E-state index contributed by atoms with van der Waals surface area (Å²) in [5.41, 5.74) is 8.60. The maximum atomic E-state index is 12.1. The predicted molar refractivity (Wildman–Crippen MR) is 170 cm³/mol. The lowest BCUT2D eigenvalue weighted by molar-refractivity contribution is -0.144. The van der Waals surface area contributed by atoms with E-state index >= 15 is 0 Å². The summed E-state index contributed by atoms with van der Waals surface area (Å²) in [4.78, 5) is 12.1. The lowest BCUT2D eigenvalue weighted by Crippen LogP contribution is -2.43. The van der Waals surface area contributed by atoms with Crippen LogP contribution in [0, 0.1) is 31.1 Å². The number of esters is 1. The predicted octanol–water partition coefficient (Wildman–Crippen LogP) is 8.96. The van der Waals surface area contributed by atoms with Crippen molar-refractivity contribution in [3.05, 3.63) is 81.9 Å². The lowest BCUT2D eigenvalue weighted by Gasteiger charge is -2.36. The van der Waals surface area contributed by atoms with Gasteiger partial charge in [0.25, 0.3) is 0 Å². The van der Waals surface area contributed by atoms with Crippen LogP contribution in [0.5, 0.6) is 11.5 Å². The van der Waals surface area contributed by atoms with Gasteiger partial charge in [-0.05, 0) is 128 Å². The van der Waals surface area contributed by atoms with Gasteiger partial charge in [0.2, 0.25) is 8.32 Å². The van der Waals surface area contributed by atoms with Crippen LogP contribution >= 0.6 is 0 Å². The van der Waals surface area contributed by atoms with Crippen LogP contribution in [0.2, 0.25) is 18.1 Å². The Morgan fingerprint density at radius 2 is 1.67 bits per heavy atom. The van der Waals surface area contributed by atoms with Gasteiger partial charge in [-0.3, -0.25) is 4.79 Å². The number of aryl methyl sites for hydroxylation is 2. The maximum Gasteiger partial charge on any atom is 0.309 e. The molecule has 2 aliphatic rings. The van der Waals surface area contributed by atoms with Crippen molar-refractivity contribution in [3.8, 4) is 28.7 Å². The molecule has 0 aliphatic heterocycles. The molecule has 1 saturated carbocycles. The van der Waals surface area contributed by atoms with Crippen LogP contribution in [0.25, 0.3) is 11.1 Å². The number of fused-ring (bicyclic) bond motifs is 1. The summed E-state index contributed by atoms with van der Waals surface area (Å²) in [5.74, 6) is 1.85. The minimum Gasteiger partial charge on any atom is -0.543 e. The number of carbonyl (C=O) groups excluding carboxylic acids is 1. The first-order chi connectivity index (χ1) is 19.8. The van der Waals surface area contributed by atoms with Crippen molar-refractivity contribution in [2.24, 2.45) is 5.92 Å². The fourth-order valence-electron chi connectivity index (χ4n) is 6.02. The summed E-state index contributed by atoms with van der Waals surface area (Å²) in [6.07, 6.45) is 2.48. The molecule has 1 fully saturated rings. The Bertz CT molecular complexity index is 1520. The third-order valence-corrected chi connectivity index (χ3v) is 13.7.